The molecule has 0 aromatic carbocycles. The molecular weight excluding hydrogens is 252 g/mol. The van der Waals surface area contributed by atoms with Gasteiger partial charge in [-0.05, 0) is 27.2 Å². The van der Waals surface area contributed by atoms with E-state index in [9.17, 15) is 4.79 Å². The van der Waals surface area contributed by atoms with E-state index in [0.29, 0.717) is 13.2 Å². The monoisotopic (exact) mass is 280 g/mol. The lowest BCUT2D eigenvalue weighted by molar-refractivity contribution is -0.187. The van der Waals surface area contributed by atoms with Crippen LogP contribution in [-0.2, 0) is 9.53 Å². The van der Waals surface area contributed by atoms with Crippen LogP contribution >= 0.6 is 0 Å². The van der Waals surface area contributed by atoms with Gasteiger partial charge < -0.3 is 15.4 Å². The Bertz CT molecular complexity index is 425. The molecule has 0 aromatic heterocycles. The molecule has 3 atom stereocenters. The first-order valence-electron chi connectivity index (χ1n) is 7.42. The maximum atomic E-state index is 13.1. The Morgan fingerprint density at radius 3 is 2.60 bits per heavy atom. The topological polar surface area (TPSA) is 55.6 Å². The first-order chi connectivity index (χ1) is 9.08. The zero-order chi connectivity index (χ0) is 15.3. The average molecular weight is 280 g/mol. The zero-order valence-electron chi connectivity index (χ0n) is 13.4. The van der Waals surface area contributed by atoms with Gasteiger partial charge >= 0.3 is 0 Å². The Morgan fingerprint density at radius 2 is 2.10 bits per heavy atom. The van der Waals surface area contributed by atoms with Crippen molar-refractivity contribution in [3.05, 3.63) is 12.7 Å². The minimum atomic E-state index is -0.829. The maximum Gasteiger partial charge on any atom is 0.244 e. The highest BCUT2D eigenvalue weighted by molar-refractivity contribution is 5.90. The molecule has 2 N–H and O–H groups in total. The highest BCUT2D eigenvalue weighted by Crippen LogP contribution is 2.59. The SMILES string of the molecule is C=CCN(C(=O)C1(N)C2CCOC2C1(C)C)C(C)(C)C. The Balaban J connectivity index is 2.33. The standard InChI is InChI=1S/C16H28N2O2/c1-7-9-18(14(2,3)4)13(19)16(17)11-8-10-20-12(11)15(16,5)6/h7,11-12H,1,8-10,17H2,2-6H3. The summed E-state index contributed by atoms with van der Waals surface area (Å²) < 4.78 is 5.77. The van der Waals surface area contributed by atoms with E-state index in [4.69, 9.17) is 10.5 Å². The van der Waals surface area contributed by atoms with Crippen LogP contribution in [0.5, 0.6) is 0 Å². The first kappa shape index (κ1) is 15.5. The molecular formula is C16H28N2O2. The van der Waals surface area contributed by atoms with E-state index in [1.165, 1.54) is 0 Å². The van der Waals surface area contributed by atoms with Crippen LogP contribution in [0.2, 0.25) is 0 Å². The highest BCUT2D eigenvalue weighted by atomic mass is 16.5. The third kappa shape index (κ3) is 1.85. The van der Waals surface area contributed by atoms with Crippen LogP contribution < -0.4 is 5.73 Å². The summed E-state index contributed by atoms with van der Waals surface area (Å²) in [4.78, 5) is 15.0. The smallest absolute Gasteiger partial charge is 0.244 e. The summed E-state index contributed by atoms with van der Waals surface area (Å²) in [7, 11) is 0. The van der Waals surface area contributed by atoms with Gasteiger partial charge in [-0.15, -0.1) is 6.58 Å². The number of rotatable bonds is 3. The van der Waals surface area contributed by atoms with Crippen molar-refractivity contribution in [1.29, 1.82) is 0 Å². The summed E-state index contributed by atoms with van der Waals surface area (Å²) in [6.45, 7) is 15.2. The maximum absolute atomic E-state index is 13.1. The molecule has 2 aliphatic rings. The van der Waals surface area contributed by atoms with Gasteiger partial charge in [0.05, 0.1) is 6.10 Å². The van der Waals surface area contributed by atoms with Gasteiger partial charge in [0.1, 0.15) is 5.54 Å². The van der Waals surface area contributed by atoms with E-state index >= 15 is 0 Å². The van der Waals surface area contributed by atoms with Gasteiger partial charge in [-0.25, -0.2) is 0 Å². The molecule has 1 aliphatic carbocycles. The lowest BCUT2D eigenvalue weighted by Gasteiger charge is -2.62. The molecule has 114 valence electrons. The Hall–Kier alpha value is -0.870. The molecule has 20 heavy (non-hydrogen) atoms. The Labute approximate surface area is 122 Å². The van der Waals surface area contributed by atoms with E-state index in [1.807, 2.05) is 39.5 Å². The van der Waals surface area contributed by atoms with Crippen LogP contribution in [0.3, 0.4) is 0 Å². The summed E-state index contributed by atoms with van der Waals surface area (Å²) in [5, 5.41) is 0. The molecule has 1 amide bonds. The number of fused-ring (bicyclic) bond motifs is 1. The third-order valence-corrected chi connectivity index (χ3v) is 5.17. The highest BCUT2D eigenvalue weighted by Gasteiger charge is 2.72. The predicted molar refractivity (Wildman–Crippen MR) is 80.2 cm³/mol. The number of carbonyl (C=O) groups is 1. The molecule has 0 spiro atoms. The van der Waals surface area contributed by atoms with Gasteiger partial charge in [-0.3, -0.25) is 4.79 Å². The van der Waals surface area contributed by atoms with Crippen molar-refractivity contribution >= 4 is 5.91 Å². The molecule has 1 aliphatic heterocycles. The number of amides is 1. The average Bonchev–Trinajstić information content (AvgIpc) is 2.80. The fourth-order valence-corrected chi connectivity index (χ4v) is 3.83. The normalized spacial score (nSPS) is 35.1. The molecule has 0 radical (unpaired) electrons. The Morgan fingerprint density at radius 1 is 1.50 bits per heavy atom. The summed E-state index contributed by atoms with van der Waals surface area (Å²) in [5.41, 5.74) is 5.21. The fourth-order valence-electron chi connectivity index (χ4n) is 3.83. The van der Waals surface area contributed by atoms with Crippen LogP contribution in [0, 0.1) is 11.3 Å². The molecule has 2 rings (SSSR count). The molecule has 4 nitrogen and oxygen atoms in total. The fraction of sp³-hybridized carbons (Fsp3) is 0.812. The van der Waals surface area contributed by atoms with Crippen molar-refractivity contribution in [3.8, 4) is 0 Å². The van der Waals surface area contributed by atoms with Crippen molar-refractivity contribution in [2.45, 2.75) is 58.2 Å². The summed E-state index contributed by atoms with van der Waals surface area (Å²) >= 11 is 0. The van der Waals surface area contributed by atoms with Crippen molar-refractivity contribution in [2.75, 3.05) is 13.2 Å². The number of nitrogens with two attached hydrogens (primary N) is 1. The van der Waals surface area contributed by atoms with Crippen molar-refractivity contribution in [3.63, 3.8) is 0 Å². The largest absolute Gasteiger partial charge is 0.377 e. The van der Waals surface area contributed by atoms with E-state index < -0.39 is 5.54 Å². The number of carbonyl (C=O) groups excluding carboxylic acids is 1. The van der Waals surface area contributed by atoms with Gasteiger partial charge in [0.15, 0.2) is 0 Å². The summed E-state index contributed by atoms with van der Waals surface area (Å²) in [6, 6.07) is 0. The number of hydrogen-bond donors (Lipinski definition) is 1. The number of ether oxygens (including phenoxy) is 1. The van der Waals surface area contributed by atoms with Crippen LogP contribution in [0.1, 0.15) is 41.0 Å². The quantitative estimate of drug-likeness (QED) is 0.804. The van der Waals surface area contributed by atoms with Crippen LogP contribution in [0.4, 0.5) is 0 Å². The van der Waals surface area contributed by atoms with E-state index in [1.54, 1.807) is 6.08 Å². The van der Waals surface area contributed by atoms with E-state index in [0.717, 1.165) is 6.42 Å². The van der Waals surface area contributed by atoms with Crippen LogP contribution in [0.15, 0.2) is 12.7 Å². The van der Waals surface area contributed by atoms with Crippen molar-refractivity contribution < 1.29 is 9.53 Å². The predicted octanol–water partition coefficient (Wildman–Crippen LogP) is 1.94. The third-order valence-electron chi connectivity index (χ3n) is 5.17. The van der Waals surface area contributed by atoms with E-state index in [-0.39, 0.29) is 28.9 Å². The van der Waals surface area contributed by atoms with Crippen LogP contribution in [0.25, 0.3) is 0 Å². The van der Waals surface area contributed by atoms with Gasteiger partial charge in [0.25, 0.3) is 0 Å². The number of hydrogen-bond acceptors (Lipinski definition) is 3. The van der Waals surface area contributed by atoms with Crippen LogP contribution in [-0.4, -0.2) is 41.1 Å². The summed E-state index contributed by atoms with van der Waals surface area (Å²) in [5.74, 6) is 0.168. The van der Waals surface area contributed by atoms with E-state index in [2.05, 4.69) is 6.58 Å². The minimum Gasteiger partial charge on any atom is -0.377 e. The molecule has 0 bridgehead atoms. The molecule has 2 fully saturated rings. The molecule has 1 saturated carbocycles. The minimum absolute atomic E-state index is 0.0293. The lowest BCUT2D eigenvalue weighted by atomic mass is 9.47. The Kier molecular flexibility index (Phi) is 3.54. The van der Waals surface area contributed by atoms with Crippen molar-refractivity contribution in [2.24, 2.45) is 17.1 Å². The second kappa shape index (κ2) is 4.57. The van der Waals surface area contributed by atoms with Gasteiger partial charge in [0, 0.05) is 30.0 Å². The molecule has 4 heteroatoms. The van der Waals surface area contributed by atoms with Gasteiger partial charge in [0.2, 0.25) is 5.91 Å². The first-order valence-corrected chi connectivity index (χ1v) is 7.42. The zero-order valence-corrected chi connectivity index (χ0v) is 13.4. The number of nitrogens with zero attached hydrogens (tertiary/aromatic N) is 1. The lowest BCUT2D eigenvalue weighted by Crippen LogP contribution is -2.81. The molecule has 0 aromatic rings. The molecule has 3 unspecified atom stereocenters. The molecule has 1 heterocycles. The van der Waals surface area contributed by atoms with Gasteiger partial charge in [-0.1, -0.05) is 19.9 Å². The summed E-state index contributed by atoms with van der Waals surface area (Å²) in [6.07, 6.45) is 2.76. The molecule has 1 saturated heterocycles. The van der Waals surface area contributed by atoms with Gasteiger partial charge in [-0.2, -0.15) is 0 Å². The second-order valence-electron chi connectivity index (χ2n) is 7.65. The van der Waals surface area contributed by atoms with Crippen molar-refractivity contribution in [1.82, 2.24) is 4.90 Å². The second-order valence-corrected chi connectivity index (χ2v) is 7.65.